The zero-order valence-corrected chi connectivity index (χ0v) is 9.50. The van der Waals surface area contributed by atoms with Gasteiger partial charge in [0.25, 0.3) is 11.6 Å². The number of nitrogens with two attached hydrogens (primary N) is 1. The lowest BCUT2D eigenvalue weighted by Gasteiger charge is -2.06. The Morgan fingerprint density at radius 2 is 2.17 bits per heavy atom. The van der Waals surface area contributed by atoms with Gasteiger partial charge in [-0.15, -0.1) is 0 Å². The van der Waals surface area contributed by atoms with Crippen molar-refractivity contribution in [1.29, 1.82) is 0 Å². The number of rotatable bonds is 5. The molecule has 1 aromatic rings. The number of nitrogens with zero attached hydrogens (tertiary/aromatic N) is 1. The molecule has 0 aliphatic carbocycles. The molecular weight excluding hydrogens is 242 g/mol. The largest absolute Gasteiger partial charge is 0.368 e. The van der Waals surface area contributed by atoms with Crippen LogP contribution in [-0.4, -0.2) is 23.3 Å². The highest BCUT2D eigenvalue weighted by Gasteiger charge is 2.14. The Hall–Kier alpha value is -2.48. The average molecular weight is 253 g/mol. The fourth-order valence-corrected chi connectivity index (χ4v) is 1.20. The second-order valence-corrected chi connectivity index (χ2v) is 3.44. The monoisotopic (exact) mass is 253 g/mol. The molecule has 0 saturated heterocycles. The predicted octanol–water partition coefficient (Wildman–Crippen LogP) is 0.0499. The van der Waals surface area contributed by atoms with Crippen LogP contribution in [0.2, 0.25) is 0 Å². The molecule has 0 aromatic heterocycles. The van der Waals surface area contributed by atoms with Gasteiger partial charge in [0, 0.05) is 12.1 Å². The van der Waals surface area contributed by atoms with Crippen molar-refractivity contribution in [3.63, 3.8) is 0 Å². The van der Waals surface area contributed by atoms with Crippen LogP contribution in [0, 0.1) is 17.0 Å². The van der Waals surface area contributed by atoms with Crippen LogP contribution in [-0.2, 0) is 9.63 Å². The van der Waals surface area contributed by atoms with E-state index in [0.717, 1.165) is 6.07 Å². The molecule has 0 saturated carbocycles. The first-order valence-corrected chi connectivity index (χ1v) is 4.87. The molecule has 0 radical (unpaired) electrons. The molecule has 3 N–H and O–H groups in total. The molecule has 96 valence electrons. The van der Waals surface area contributed by atoms with Gasteiger partial charge in [-0.3, -0.25) is 24.5 Å². The van der Waals surface area contributed by atoms with E-state index in [1.165, 1.54) is 12.1 Å². The fourth-order valence-electron chi connectivity index (χ4n) is 1.20. The highest BCUT2D eigenvalue weighted by molar-refractivity contribution is 5.95. The van der Waals surface area contributed by atoms with Gasteiger partial charge in [-0.1, -0.05) is 6.07 Å². The summed E-state index contributed by atoms with van der Waals surface area (Å²) in [7, 11) is 0. The van der Waals surface area contributed by atoms with Crippen LogP contribution in [0.3, 0.4) is 0 Å². The summed E-state index contributed by atoms with van der Waals surface area (Å²) < 4.78 is 0. The molecule has 1 aromatic carbocycles. The third kappa shape index (κ3) is 3.52. The third-order valence-corrected chi connectivity index (χ3v) is 2.06. The van der Waals surface area contributed by atoms with Crippen molar-refractivity contribution >= 4 is 17.5 Å². The number of nitro groups is 1. The van der Waals surface area contributed by atoms with Crippen LogP contribution in [0.1, 0.15) is 15.9 Å². The van der Waals surface area contributed by atoms with E-state index in [4.69, 9.17) is 5.73 Å². The molecule has 0 unspecified atom stereocenters. The Morgan fingerprint density at radius 3 is 2.72 bits per heavy atom. The van der Waals surface area contributed by atoms with Crippen molar-refractivity contribution in [2.24, 2.45) is 5.73 Å². The number of nitro benzene ring substituents is 1. The number of nitrogens with one attached hydrogen (secondary N) is 1. The lowest BCUT2D eigenvalue weighted by atomic mass is 10.1. The second-order valence-electron chi connectivity index (χ2n) is 3.44. The lowest BCUT2D eigenvalue weighted by molar-refractivity contribution is -0.384. The van der Waals surface area contributed by atoms with Crippen molar-refractivity contribution in [2.75, 3.05) is 6.61 Å². The zero-order chi connectivity index (χ0) is 13.7. The fraction of sp³-hybridized carbons (Fsp3) is 0.200. The van der Waals surface area contributed by atoms with Gasteiger partial charge in [-0.25, -0.2) is 5.48 Å². The molecule has 2 amide bonds. The minimum Gasteiger partial charge on any atom is -0.368 e. The van der Waals surface area contributed by atoms with Gasteiger partial charge in [0.1, 0.15) is 0 Å². The summed E-state index contributed by atoms with van der Waals surface area (Å²) >= 11 is 0. The number of carbonyl (C=O) groups is 2. The van der Waals surface area contributed by atoms with Gasteiger partial charge < -0.3 is 5.73 Å². The van der Waals surface area contributed by atoms with Crippen molar-refractivity contribution in [3.8, 4) is 0 Å². The van der Waals surface area contributed by atoms with E-state index >= 15 is 0 Å². The van der Waals surface area contributed by atoms with Gasteiger partial charge in [-0.2, -0.15) is 0 Å². The van der Waals surface area contributed by atoms with Crippen LogP contribution in [0.5, 0.6) is 0 Å². The molecule has 0 atom stereocenters. The first-order valence-electron chi connectivity index (χ1n) is 4.87. The van der Waals surface area contributed by atoms with E-state index in [1.807, 2.05) is 5.48 Å². The molecule has 0 aliphatic heterocycles. The van der Waals surface area contributed by atoms with Crippen LogP contribution >= 0.6 is 0 Å². The number of primary amides is 1. The number of hydrogen-bond donors (Lipinski definition) is 2. The van der Waals surface area contributed by atoms with Crippen molar-refractivity contribution in [1.82, 2.24) is 5.48 Å². The van der Waals surface area contributed by atoms with Gasteiger partial charge >= 0.3 is 0 Å². The number of carbonyl (C=O) groups excluding carboxylic acids is 2. The smallest absolute Gasteiger partial charge is 0.275 e. The Morgan fingerprint density at radius 1 is 1.50 bits per heavy atom. The molecule has 18 heavy (non-hydrogen) atoms. The molecular formula is C10H11N3O5. The Kier molecular flexibility index (Phi) is 4.33. The van der Waals surface area contributed by atoms with Gasteiger partial charge in [-0.05, 0) is 12.5 Å². The van der Waals surface area contributed by atoms with E-state index in [-0.39, 0.29) is 11.3 Å². The second kappa shape index (κ2) is 5.73. The number of non-ortho nitro benzene ring substituents is 1. The predicted molar refractivity (Wildman–Crippen MR) is 60.4 cm³/mol. The van der Waals surface area contributed by atoms with Crippen molar-refractivity contribution in [2.45, 2.75) is 6.92 Å². The number of aryl methyl sites for hydroxylation is 1. The summed E-state index contributed by atoms with van der Waals surface area (Å²) in [5.41, 5.74) is 7.21. The Balaban J connectivity index is 2.81. The summed E-state index contributed by atoms with van der Waals surface area (Å²) in [5, 5.41) is 10.6. The summed E-state index contributed by atoms with van der Waals surface area (Å²) in [6.45, 7) is 1.15. The first kappa shape index (κ1) is 13.6. The highest BCUT2D eigenvalue weighted by Crippen LogP contribution is 2.17. The minimum absolute atomic E-state index is 0.0914. The number of hydroxylamine groups is 1. The van der Waals surface area contributed by atoms with E-state index in [0.29, 0.717) is 5.56 Å². The van der Waals surface area contributed by atoms with E-state index in [2.05, 4.69) is 4.84 Å². The first-order chi connectivity index (χ1) is 8.41. The standard InChI is InChI=1S/C10H11N3O5/c1-6-2-3-7(13(16)17)4-8(6)10(15)12-18-5-9(11)14/h2-4H,5H2,1H3,(H2,11,14)(H,12,15). The summed E-state index contributed by atoms with van der Waals surface area (Å²) in [6, 6.07) is 3.86. The summed E-state index contributed by atoms with van der Waals surface area (Å²) in [6.07, 6.45) is 0. The third-order valence-electron chi connectivity index (χ3n) is 2.06. The van der Waals surface area contributed by atoms with Crippen LogP contribution in [0.25, 0.3) is 0 Å². The Labute approximate surface area is 102 Å². The topological polar surface area (TPSA) is 125 Å². The van der Waals surface area contributed by atoms with E-state index in [1.54, 1.807) is 6.92 Å². The van der Waals surface area contributed by atoms with Crippen LogP contribution < -0.4 is 11.2 Å². The molecule has 8 heteroatoms. The summed E-state index contributed by atoms with van der Waals surface area (Å²) in [5.74, 6) is -1.43. The maximum absolute atomic E-state index is 11.6. The maximum atomic E-state index is 11.6. The van der Waals surface area contributed by atoms with Crippen LogP contribution in [0.15, 0.2) is 18.2 Å². The average Bonchev–Trinajstić information content (AvgIpc) is 2.28. The maximum Gasteiger partial charge on any atom is 0.275 e. The van der Waals surface area contributed by atoms with E-state index in [9.17, 15) is 19.7 Å². The van der Waals surface area contributed by atoms with E-state index < -0.39 is 23.3 Å². The number of benzene rings is 1. The summed E-state index contributed by atoms with van der Waals surface area (Å²) in [4.78, 5) is 36.5. The molecule has 0 fully saturated rings. The molecule has 0 spiro atoms. The molecule has 8 nitrogen and oxygen atoms in total. The van der Waals surface area contributed by atoms with Gasteiger partial charge in [0.15, 0.2) is 6.61 Å². The quantitative estimate of drug-likeness (QED) is 0.566. The van der Waals surface area contributed by atoms with Crippen molar-refractivity contribution in [3.05, 3.63) is 39.4 Å². The van der Waals surface area contributed by atoms with Crippen LogP contribution in [0.4, 0.5) is 5.69 Å². The normalized spacial score (nSPS) is 9.83. The lowest BCUT2D eigenvalue weighted by Crippen LogP contribution is -2.29. The minimum atomic E-state index is -0.744. The highest BCUT2D eigenvalue weighted by atomic mass is 16.7. The SMILES string of the molecule is Cc1ccc([N+](=O)[O-])cc1C(=O)NOCC(N)=O. The zero-order valence-electron chi connectivity index (χ0n) is 9.50. The number of amides is 2. The Bertz CT molecular complexity index is 500. The molecule has 0 bridgehead atoms. The van der Waals surface area contributed by atoms with Crippen molar-refractivity contribution < 1.29 is 19.3 Å². The van der Waals surface area contributed by atoms with Gasteiger partial charge in [0.2, 0.25) is 5.91 Å². The molecule has 1 rings (SSSR count). The number of hydrogen-bond acceptors (Lipinski definition) is 5. The molecule has 0 aliphatic rings. The van der Waals surface area contributed by atoms with Gasteiger partial charge in [0.05, 0.1) is 10.5 Å². The molecule has 0 heterocycles.